The number of hydrogen-bond donors (Lipinski definition) is 2. The second-order valence-corrected chi connectivity index (χ2v) is 6.28. The van der Waals surface area contributed by atoms with Crippen LogP contribution >= 0.6 is 0 Å². The number of alkyl halides is 3. The van der Waals surface area contributed by atoms with Crippen LogP contribution in [0, 0.1) is 5.92 Å². The maximum atomic E-state index is 12.7. The third-order valence-electron chi connectivity index (χ3n) is 4.49. The number of benzene rings is 1. The summed E-state index contributed by atoms with van der Waals surface area (Å²) in [5, 5.41) is 5.70. The minimum atomic E-state index is -4.32. The van der Waals surface area contributed by atoms with Gasteiger partial charge in [0.1, 0.15) is 0 Å². The Kier molecular flexibility index (Phi) is 6.23. The maximum Gasteiger partial charge on any atom is 0.416 e. The third-order valence-corrected chi connectivity index (χ3v) is 4.49. The Bertz CT molecular complexity index is 545. The van der Waals surface area contributed by atoms with Gasteiger partial charge in [0.2, 0.25) is 5.91 Å². The van der Waals surface area contributed by atoms with Gasteiger partial charge in [-0.05, 0) is 57.1 Å². The highest BCUT2D eigenvalue weighted by molar-refractivity contribution is 5.77. The Balaban J connectivity index is 2.12. The van der Waals surface area contributed by atoms with Crippen molar-refractivity contribution in [1.29, 1.82) is 0 Å². The summed E-state index contributed by atoms with van der Waals surface area (Å²) >= 11 is 0. The van der Waals surface area contributed by atoms with Crippen molar-refractivity contribution in [1.82, 2.24) is 15.5 Å². The molecule has 0 spiro atoms. The van der Waals surface area contributed by atoms with Gasteiger partial charge in [-0.15, -0.1) is 0 Å². The van der Waals surface area contributed by atoms with Gasteiger partial charge in [0, 0.05) is 12.6 Å². The minimum absolute atomic E-state index is 0.0101. The van der Waals surface area contributed by atoms with Gasteiger partial charge in [-0.25, -0.2) is 0 Å². The smallest absolute Gasteiger partial charge is 0.355 e. The largest absolute Gasteiger partial charge is 0.416 e. The van der Waals surface area contributed by atoms with E-state index in [0.29, 0.717) is 6.54 Å². The molecule has 2 N–H and O–H groups in total. The van der Waals surface area contributed by atoms with Crippen LogP contribution in [-0.4, -0.2) is 44.5 Å². The lowest BCUT2D eigenvalue weighted by Crippen LogP contribution is -2.43. The van der Waals surface area contributed by atoms with Crippen LogP contribution in [0.3, 0.4) is 0 Å². The summed E-state index contributed by atoms with van der Waals surface area (Å²) in [5.41, 5.74) is 0.224. The van der Waals surface area contributed by atoms with Crippen LogP contribution in [0.4, 0.5) is 13.2 Å². The number of rotatable bonds is 5. The normalized spacial score (nSPS) is 22.4. The zero-order chi connectivity index (χ0) is 17.7. The zero-order valence-corrected chi connectivity index (χ0v) is 14.0. The molecular weight excluding hydrogens is 319 g/mol. The Hall–Kier alpha value is -1.60. The lowest BCUT2D eigenvalue weighted by atomic mass is 9.84. The minimum Gasteiger partial charge on any atom is -0.355 e. The number of nitrogens with one attached hydrogen (secondary N) is 2. The molecule has 4 nitrogen and oxygen atoms in total. The first-order valence-electron chi connectivity index (χ1n) is 8.11. The molecule has 1 aliphatic heterocycles. The number of amides is 1. The maximum absolute atomic E-state index is 12.7. The standard InChI is InChI=1S/C17H24F3N3O/c1-21-11-15(24)22-10-13-4-3-9-23(2)16(13)12-5-7-14(8-6-12)17(18,19)20/h5-8,13,16,21H,3-4,9-11H2,1-2H3,(H,22,24)/t13-,16+/m0/s1. The Labute approximate surface area is 140 Å². The fraction of sp³-hybridized carbons (Fsp3) is 0.588. The Morgan fingerprint density at radius 3 is 2.54 bits per heavy atom. The quantitative estimate of drug-likeness (QED) is 0.863. The molecule has 2 rings (SSSR count). The molecule has 1 saturated heterocycles. The first-order chi connectivity index (χ1) is 11.3. The number of piperidine rings is 1. The third kappa shape index (κ3) is 4.70. The van der Waals surface area contributed by atoms with Gasteiger partial charge in [-0.1, -0.05) is 12.1 Å². The SMILES string of the molecule is CNCC(=O)NC[C@@H]1CCCN(C)[C@@H]1c1ccc(C(F)(F)F)cc1. The number of carbonyl (C=O) groups excluding carboxylic acids is 1. The van der Waals surface area contributed by atoms with Gasteiger partial charge in [-0.2, -0.15) is 13.2 Å². The van der Waals surface area contributed by atoms with Crippen molar-refractivity contribution in [3.63, 3.8) is 0 Å². The van der Waals surface area contributed by atoms with Crippen molar-refractivity contribution in [2.24, 2.45) is 5.92 Å². The van der Waals surface area contributed by atoms with E-state index in [2.05, 4.69) is 15.5 Å². The second-order valence-electron chi connectivity index (χ2n) is 6.28. The highest BCUT2D eigenvalue weighted by Crippen LogP contribution is 2.36. The predicted octanol–water partition coefficient (Wildman–Crippen LogP) is 2.42. The molecule has 1 aliphatic rings. The van der Waals surface area contributed by atoms with Crippen molar-refractivity contribution >= 4 is 5.91 Å². The number of carbonyl (C=O) groups is 1. The molecule has 1 aromatic rings. The first-order valence-corrected chi connectivity index (χ1v) is 8.11. The molecule has 24 heavy (non-hydrogen) atoms. The van der Waals surface area contributed by atoms with Gasteiger partial charge < -0.3 is 10.6 Å². The van der Waals surface area contributed by atoms with Crippen LogP contribution in [-0.2, 0) is 11.0 Å². The van der Waals surface area contributed by atoms with E-state index in [0.717, 1.165) is 37.1 Å². The van der Waals surface area contributed by atoms with E-state index in [1.54, 1.807) is 19.2 Å². The van der Waals surface area contributed by atoms with Crippen molar-refractivity contribution in [3.05, 3.63) is 35.4 Å². The molecular formula is C17H24F3N3O. The fourth-order valence-electron chi connectivity index (χ4n) is 3.34. The lowest BCUT2D eigenvalue weighted by Gasteiger charge is -2.39. The van der Waals surface area contributed by atoms with E-state index < -0.39 is 11.7 Å². The van der Waals surface area contributed by atoms with E-state index in [-0.39, 0.29) is 24.4 Å². The number of nitrogens with zero attached hydrogens (tertiary/aromatic N) is 1. The van der Waals surface area contributed by atoms with E-state index in [9.17, 15) is 18.0 Å². The van der Waals surface area contributed by atoms with Crippen LogP contribution < -0.4 is 10.6 Å². The molecule has 1 heterocycles. The van der Waals surface area contributed by atoms with Gasteiger partial charge in [0.25, 0.3) is 0 Å². The highest BCUT2D eigenvalue weighted by atomic mass is 19.4. The van der Waals surface area contributed by atoms with Crippen molar-refractivity contribution < 1.29 is 18.0 Å². The van der Waals surface area contributed by atoms with Gasteiger partial charge in [0.15, 0.2) is 0 Å². The molecule has 7 heteroatoms. The first kappa shape index (κ1) is 18.7. The molecule has 0 aliphatic carbocycles. The number of halogens is 3. The highest BCUT2D eigenvalue weighted by Gasteiger charge is 2.33. The average molecular weight is 343 g/mol. The molecule has 0 radical (unpaired) electrons. The lowest BCUT2D eigenvalue weighted by molar-refractivity contribution is -0.137. The van der Waals surface area contributed by atoms with Crippen LogP contribution in [0.2, 0.25) is 0 Å². The molecule has 1 amide bonds. The summed E-state index contributed by atoms with van der Waals surface area (Å²) in [6, 6.07) is 5.38. The predicted molar refractivity (Wildman–Crippen MR) is 86.5 cm³/mol. The summed E-state index contributed by atoms with van der Waals surface area (Å²) in [4.78, 5) is 13.8. The second kappa shape index (κ2) is 7.98. The van der Waals surface area contributed by atoms with E-state index in [1.807, 2.05) is 7.05 Å². The molecule has 0 aromatic heterocycles. The van der Waals surface area contributed by atoms with Crippen LogP contribution in [0.15, 0.2) is 24.3 Å². The summed E-state index contributed by atoms with van der Waals surface area (Å²) in [6.07, 6.45) is -2.37. The van der Waals surface area contributed by atoms with E-state index in [4.69, 9.17) is 0 Å². The molecule has 2 atom stereocenters. The fourth-order valence-corrected chi connectivity index (χ4v) is 3.34. The molecule has 0 unspecified atom stereocenters. The number of likely N-dealkylation sites (tertiary alicyclic amines) is 1. The number of likely N-dealkylation sites (N-methyl/N-ethyl adjacent to an activating group) is 1. The summed E-state index contributed by atoms with van der Waals surface area (Å²) < 4.78 is 38.2. The van der Waals surface area contributed by atoms with Crippen molar-refractivity contribution in [3.8, 4) is 0 Å². The Morgan fingerprint density at radius 1 is 1.29 bits per heavy atom. The molecule has 0 saturated carbocycles. The van der Waals surface area contributed by atoms with E-state index in [1.165, 1.54) is 0 Å². The van der Waals surface area contributed by atoms with Crippen molar-refractivity contribution in [2.45, 2.75) is 25.1 Å². The van der Waals surface area contributed by atoms with Crippen LogP contribution in [0.5, 0.6) is 0 Å². The van der Waals surface area contributed by atoms with Gasteiger partial charge >= 0.3 is 6.18 Å². The van der Waals surface area contributed by atoms with Crippen LogP contribution in [0.1, 0.15) is 30.0 Å². The van der Waals surface area contributed by atoms with Gasteiger partial charge in [-0.3, -0.25) is 9.69 Å². The van der Waals surface area contributed by atoms with Crippen LogP contribution in [0.25, 0.3) is 0 Å². The summed E-state index contributed by atoms with van der Waals surface area (Å²) in [6.45, 7) is 1.68. The number of hydrogen-bond acceptors (Lipinski definition) is 3. The zero-order valence-electron chi connectivity index (χ0n) is 14.0. The van der Waals surface area contributed by atoms with Gasteiger partial charge in [0.05, 0.1) is 12.1 Å². The Morgan fingerprint density at radius 2 is 1.96 bits per heavy atom. The summed E-state index contributed by atoms with van der Waals surface area (Å²) in [7, 11) is 3.68. The molecule has 0 bridgehead atoms. The topological polar surface area (TPSA) is 44.4 Å². The average Bonchev–Trinajstić information content (AvgIpc) is 2.52. The molecule has 134 valence electrons. The molecule has 1 aromatic carbocycles. The summed E-state index contributed by atoms with van der Waals surface area (Å²) in [5.74, 6) is 0.109. The van der Waals surface area contributed by atoms with E-state index >= 15 is 0 Å². The molecule has 1 fully saturated rings. The van der Waals surface area contributed by atoms with Crippen molar-refractivity contribution in [2.75, 3.05) is 33.7 Å². The monoisotopic (exact) mass is 343 g/mol.